The molecule has 0 saturated carbocycles. The zero-order valence-corrected chi connectivity index (χ0v) is 14.9. The van der Waals surface area contributed by atoms with Gasteiger partial charge in [0.05, 0.1) is 16.6 Å². The predicted molar refractivity (Wildman–Crippen MR) is 101 cm³/mol. The van der Waals surface area contributed by atoms with Crippen molar-refractivity contribution in [2.24, 2.45) is 11.7 Å². The van der Waals surface area contributed by atoms with Crippen LogP contribution < -0.4 is 11.1 Å². The normalized spacial score (nSPS) is 13.8. The Hall–Kier alpha value is -2.66. The molecule has 5 heteroatoms. The molecule has 0 bridgehead atoms. The summed E-state index contributed by atoms with van der Waals surface area (Å²) in [6.07, 6.45) is 1.80. The van der Waals surface area contributed by atoms with Crippen molar-refractivity contribution in [1.82, 2.24) is 14.9 Å². The topological polar surface area (TPSA) is 72.9 Å². The number of imidazole rings is 1. The minimum Gasteiger partial charge on any atom is -0.345 e. The summed E-state index contributed by atoms with van der Waals surface area (Å²) in [5.74, 6) is 0.140. The van der Waals surface area contributed by atoms with Crippen molar-refractivity contribution in [2.45, 2.75) is 26.3 Å². The van der Waals surface area contributed by atoms with E-state index in [4.69, 9.17) is 5.73 Å². The largest absolute Gasteiger partial charge is 0.345 e. The van der Waals surface area contributed by atoms with Crippen LogP contribution in [-0.2, 0) is 0 Å². The summed E-state index contributed by atoms with van der Waals surface area (Å²) in [6, 6.07) is 15.5. The Morgan fingerprint density at radius 3 is 2.52 bits per heavy atom. The van der Waals surface area contributed by atoms with E-state index in [1.165, 1.54) is 0 Å². The lowest BCUT2D eigenvalue weighted by molar-refractivity contribution is 0.0883. The Labute approximate surface area is 147 Å². The highest BCUT2D eigenvalue weighted by atomic mass is 16.1. The van der Waals surface area contributed by atoms with E-state index in [1.807, 2.05) is 60.0 Å². The number of amides is 1. The third-order valence-electron chi connectivity index (χ3n) is 4.96. The van der Waals surface area contributed by atoms with Gasteiger partial charge in [-0.1, -0.05) is 26.0 Å². The summed E-state index contributed by atoms with van der Waals surface area (Å²) in [7, 11) is 0. The molecule has 0 radical (unpaired) electrons. The molecule has 1 aromatic heterocycles. The SMILES string of the molecule is CC(C)C(C)(CN)NC(=O)c1ccc(-n2cnc3ccccc32)cc1. The number of rotatable bonds is 5. The van der Waals surface area contributed by atoms with E-state index in [2.05, 4.69) is 24.1 Å². The highest BCUT2D eigenvalue weighted by Gasteiger charge is 2.28. The Kier molecular flexibility index (Phi) is 4.59. The second-order valence-corrected chi connectivity index (χ2v) is 6.88. The molecule has 3 rings (SSSR count). The van der Waals surface area contributed by atoms with Gasteiger partial charge in [0.15, 0.2) is 0 Å². The Bertz CT molecular complexity index is 882. The number of benzene rings is 2. The first-order valence-electron chi connectivity index (χ1n) is 8.50. The van der Waals surface area contributed by atoms with Gasteiger partial charge in [-0.05, 0) is 49.2 Å². The van der Waals surface area contributed by atoms with Crippen LogP contribution in [0.15, 0.2) is 54.9 Å². The van der Waals surface area contributed by atoms with Crippen LogP contribution >= 0.6 is 0 Å². The van der Waals surface area contributed by atoms with E-state index in [0.717, 1.165) is 16.7 Å². The van der Waals surface area contributed by atoms with Gasteiger partial charge in [-0.25, -0.2) is 4.98 Å². The third-order valence-corrected chi connectivity index (χ3v) is 4.96. The van der Waals surface area contributed by atoms with E-state index < -0.39 is 5.54 Å². The fourth-order valence-corrected chi connectivity index (χ4v) is 2.70. The van der Waals surface area contributed by atoms with Crippen LogP contribution in [0.1, 0.15) is 31.1 Å². The summed E-state index contributed by atoms with van der Waals surface area (Å²) in [5.41, 5.74) is 9.00. The second-order valence-electron chi connectivity index (χ2n) is 6.88. The minimum absolute atomic E-state index is 0.108. The van der Waals surface area contributed by atoms with Gasteiger partial charge in [-0.2, -0.15) is 0 Å². The molecule has 130 valence electrons. The van der Waals surface area contributed by atoms with Gasteiger partial charge in [0, 0.05) is 17.8 Å². The molecule has 1 atom stereocenters. The zero-order chi connectivity index (χ0) is 18.0. The molecule has 0 aliphatic heterocycles. The van der Waals surface area contributed by atoms with Crippen molar-refractivity contribution in [2.75, 3.05) is 6.54 Å². The van der Waals surface area contributed by atoms with Crippen LogP contribution in [0.2, 0.25) is 0 Å². The smallest absolute Gasteiger partial charge is 0.251 e. The fourth-order valence-electron chi connectivity index (χ4n) is 2.70. The van der Waals surface area contributed by atoms with Crippen LogP contribution in [0, 0.1) is 5.92 Å². The lowest BCUT2D eigenvalue weighted by atomic mass is 9.88. The number of aromatic nitrogens is 2. The second kappa shape index (κ2) is 6.69. The number of carbonyl (C=O) groups excluding carboxylic acids is 1. The Balaban J connectivity index is 1.84. The maximum absolute atomic E-state index is 12.5. The molecular formula is C20H24N4O. The van der Waals surface area contributed by atoms with Crippen LogP contribution in [0.25, 0.3) is 16.7 Å². The van der Waals surface area contributed by atoms with Crippen LogP contribution in [-0.4, -0.2) is 27.5 Å². The first-order chi connectivity index (χ1) is 11.9. The monoisotopic (exact) mass is 336 g/mol. The number of carbonyl (C=O) groups is 1. The average Bonchev–Trinajstić information content (AvgIpc) is 3.05. The average molecular weight is 336 g/mol. The molecule has 1 amide bonds. The van der Waals surface area contributed by atoms with Crippen LogP contribution in [0.4, 0.5) is 0 Å². The van der Waals surface area contributed by atoms with Crippen molar-refractivity contribution in [1.29, 1.82) is 0 Å². The fraction of sp³-hybridized carbons (Fsp3) is 0.300. The zero-order valence-electron chi connectivity index (χ0n) is 14.9. The minimum atomic E-state index is -0.420. The molecule has 5 nitrogen and oxygen atoms in total. The van der Waals surface area contributed by atoms with Gasteiger partial charge in [-0.15, -0.1) is 0 Å². The van der Waals surface area contributed by atoms with Gasteiger partial charge in [0.2, 0.25) is 0 Å². The van der Waals surface area contributed by atoms with E-state index in [0.29, 0.717) is 12.1 Å². The molecule has 0 aliphatic rings. The molecule has 0 aliphatic carbocycles. The standard InChI is InChI=1S/C20H24N4O/c1-14(2)20(3,12-21)23-19(25)15-8-10-16(11-9-15)24-13-22-17-6-4-5-7-18(17)24/h4-11,13-14H,12,21H2,1-3H3,(H,23,25). The van der Waals surface area contributed by atoms with Crippen LogP contribution in [0.3, 0.4) is 0 Å². The summed E-state index contributed by atoms with van der Waals surface area (Å²) >= 11 is 0. The highest BCUT2D eigenvalue weighted by molar-refractivity contribution is 5.95. The molecule has 3 N–H and O–H groups in total. The van der Waals surface area contributed by atoms with Gasteiger partial charge in [0.25, 0.3) is 5.91 Å². The first kappa shape index (κ1) is 17.2. The van der Waals surface area contributed by atoms with Crippen molar-refractivity contribution in [3.8, 4) is 5.69 Å². The molecule has 2 aromatic carbocycles. The molecule has 25 heavy (non-hydrogen) atoms. The van der Waals surface area contributed by atoms with E-state index in [1.54, 1.807) is 6.33 Å². The van der Waals surface area contributed by atoms with E-state index in [9.17, 15) is 4.79 Å². The molecular weight excluding hydrogens is 312 g/mol. The maximum Gasteiger partial charge on any atom is 0.251 e. The lowest BCUT2D eigenvalue weighted by Crippen LogP contribution is -2.55. The van der Waals surface area contributed by atoms with Crippen molar-refractivity contribution in [3.63, 3.8) is 0 Å². The highest BCUT2D eigenvalue weighted by Crippen LogP contribution is 2.19. The van der Waals surface area contributed by atoms with Gasteiger partial charge in [-0.3, -0.25) is 9.36 Å². The number of nitrogens with one attached hydrogen (secondary N) is 1. The van der Waals surface area contributed by atoms with Crippen LogP contribution in [0.5, 0.6) is 0 Å². The number of nitrogens with zero attached hydrogens (tertiary/aromatic N) is 2. The van der Waals surface area contributed by atoms with Crippen molar-refractivity contribution >= 4 is 16.9 Å². The Morgan fingerprint density at radius 1 is 1.20 bits per heavy atom. The molecule has 1 heterocycles. The third kappa shape index (κ3) is 3.28. The summed E-state index contributed by atoms with van der Waals surface area (Å²) < 4.78 is 2.01. The molecule has 0 spiro atoms. The predicted octanol–water partition coefficient (Wildman–Crippen LogP) is 3.13. The molecule has 1 unspecified atom stereocenters. The summed E-state index contributed by atoms with van der Waals surface area (Å²) in [5, 5.41) is 3.06. The number of para-hydroxylation sites is 2. The van der Waals surface area contributed by atoms with Gasteiger partial charge >= 0.3 is 0 Å². The van der Waals surface area contributed by atoms with E-state index in [-0.39, 0.29) is 11.8 Å². The van der Waals surface area contributed by atoms with Gasteiger partial charge < -0.3 is 11.1 Å². The number of fused-ring (bicyclic) bond motifs is 1. The number of hydrogen-bond acceptors (Lipinski definition) is 3. The maximum atomic E-state index is 12.5. The summed E-state index contributed by atoms with van der Waals surface area (Å²) in [4.78, 5) is 16.9. The van der Waals surface area contributed by atoms with Crippen molar-refractivity contribution in [3.05, 3.63) is 60.4 Å². The van der Waals surface area contributed by atoms with Gasteiger partial charge in [0.1, 0.15) is 6.33 Å². The summed E-state index contributed by atoms with van der Waals surface area (Å²) in [6.45, 7) is 6.48. The Morgan fingerprint density at radius 2 is 1.88 bits per heavy atom. The van der Waals surface area contributed by atoms with Crippen molar-refractivity contribution < 1.29 is 4.79 Å². The number of nitrogens with two attached hydrogens (primary N) is 1. The van der Waals surface area contributed by atoms with E-state index >= 15 is 0 Å². The molecule has 3 aromatic rings. The lowest BCUT2D eigenvalue weighted by Gasteiger charge is -2.33. The molecule has 0 saturated heterocycles. The number of hydrogen-bond donors (Lipinski definition) is 2. The molecule has 0 fully saturated rings. The first-order valence-corrected chi connectivity index (χ1v) is 8.50. The quantitative estimate of drug-likeness (QED) is 0.752.